The van der Waals surface area contributed by atoms with Gasteiger partial charge in [-0.25, -0.2) is 13.1 Å². The zero-order valence-electron chi connectivity index (χ0n) is 15.6. The van der Waals surface area contributed by atoms with Crippen LogP contribution < -0.4 is 9.62 Å². The number of rotatable bonds is 6. The molecule has 3 rings (SSSR count). The molecule has 1 saturated heterocycles. The molecule has 146 valence electrons. The first-order valence-corrected chi connectivity index (χ1v) is 10.2. The molecular formula is C18H23N3O5S. The second-order valence-corrected chi connectivity index (χ2v) is 8.17. The van der Waals surface area contributed by atoms with Gasteiger partial charge in [-0.15, -0.1) is 0 Å². The molecule has 2 aromatic rings. The average Bonchev–Trinajstić information content (AvgIpc) is 3.00. The molecule has 1 atom stereocenters. The molecule has 1 fully saturated rings. The van der Waals surface area contributed by atoms with E-state index in [0.29, 0.717) is 5.69 Å². The van der Waals surface area contributed by atoms with Gasteiger partial charge in [0.15, 0.2) is 5.76 Å². The zero-order valence-corrected chi connectivity index (χ0v) is 16.4. The van der Waals surface area contributed by atoms with Crippen LogP contribution in [0, 0.1) is 13.8 Å². The van der Waals surface area contributed by atoms with Crippen molar-refractivity contribution in [2.45, 2.75) is 38.2 Å². The molecule has 27 heavy (non-hydrogen) atoms. The van der Waals surface area contributed by atoms with E-state index in [9.17, 15) is 13.2 Å². The number of ether oxygens (including phenoxy) is 1. The van der Waals surface area contributed by atoms with E-state index in [2.05, 4.69) is 16.8 Å². The highest BCUT2D eigenvalue weighted by molar-refractivity contribution is 7.89. The van der Waals surface area contributed by atoms with Gasteiger partial charge in [-0.2, -0.15) is 0 Å². The molecular weight excluding hydrogens is 370 g/mol. The molecule has 0 aliphatic carbocycles. The van der Waals surface area contributed by atoms with Gasteiger partial charge in [-0.3, -0.25) is 4.79 Å². The van der Waals surface area contributed by atoms with Crippen LogP contribution in [0.3, 0.4) is 0 Å². The summed E-state index contributed by atoms with van der Waals surface area (Å²) in [5.74, 6) is 0.0847. The number of carbonyl (C=O) groups is 1. The first-order valence-electron chi connectivity index (χ1n) is 8.75. The van der Waals surface area contributed by atoms with E-state index in [0.717, 1.165) is 12.1 Å². The Labute approximate surface area is 158 Å². The smallest absolute Gasteiger partial charge is 0.253 e. The number of aryl methyl sites for hydroxylation is 3. The summed E-state index contributed by atoms with van der Waals surface area (Å²) in [5, 5.41) is 3.67. The van der Waals surface area contributed by atoms with E-state index in [4.69, 9.17) is 9.26 Å². The van der Waals surface area contributed by atoms with E-state index >= 15 is 0 Å². The Bertz CT molecular complexity index is 901. The molecule has 0 saturated carbocycles. The molecule has 0 radical (unpaired) electrons. The monoisotopic (exact) mass is 393 g/mol. The summed E-state index contributed by atoms with van der Waals surface area (Å²) in [6.45, 7) is 5.41. The van der Waals surface area contributed by atoms with Crippen molar-refractivity contribution in [1.82, 2.24) is 9.88 Å². The lowest BCUT2D eigenvalue weighted by molar-refractivity contribution is -0.129. The van der Waals surface area contributed by atoms with Crippen molar-refractivity contribution >= 4 is 21.6 Å². The van der Waals surface area contributed by atoms with Gasteiger partial charge < -0.3 is 14.2 Å². The van der Waals surface area contributed by atoms with Gasteiger partial charge in [0.1, 0.15) is 17.2 Å². The fourth-order valence-corrected chi connectivity index (χ4v) is 4.43. The van der Waals surface area contributed by atoms with E-state index in [1.54, 1.807) is 18.7 Å². The number of anilines is 1. The molecule has 1 aromatic carbocycles. The van der Waals surface area contributed by atoms with Gasteiger partial charge in [-0.05, 0) is 38.0 Å². The molecule has 0 spiro atoms. The summed E-state index contributed by atoms with van der Waals surface area (Å²) < 4.78 is 38.0. The lowest BCUT2D eigenvalue weighted by Gasteiger charge is -2.33. The van der Waals surface area contributed by atoms with E-state index in [1.165, 1.54) is 5.56 Å². The van der Waals surface area contributed by atoms with Crippen molar-refractivity contribution in [1.29, 1.82) is 0 Å². The van der Waals surface area contributed by atoms with Gasteiger partial charge in [0, 0.05) is 12.2 Å². The second-order valence-electron chi connectivity index (χ2n) is 6.46. The number of carbonyl (C=O) groups excluding carboxylic acids is 1. The van der Waals surface area contributed by atoms with Crippen LogP contribution in [0.5, 0.6) is 0 Å². The third-order valence-corrected chi connectivity index (χ3v) is 6.19. The number of nitrogens with zero attached hydrogens (tertiary/aromatic N) is 2. The maximum absolute atomic E-state index is 12.5. The van der Waals surface area contributed by atoms with Crippen LogP contribution in [0.15, 0.2) is 33.7 Å². The number of amides is 1. The van der Waals surface area contributed by atoms with Crippen LogP contribution in [0.2, 0.25) is 0 Å². The van der Waals surface area contributed by atoms with Crippen molar-refractivity contribution in [2.75, 3.05) is 24.6 Å². The van der Waals surface area contributed by atoms with Crippen LogP contribution in [-0.4, -0.2) is 45.3 Å². The maximum atomic E-state index is 12.5. The van der Waals surface area contributed by atoms with Gasteiger partial charge in [0.25, 0.3) is 5.91 Å². The average molecular weight is 393 g/mol. The Morgan fingerprint density at radius 3 is 2.56 bits per heavy atom. The Morgan fingerprint density at radius 2 is 1.96 bits per heavy atom. The molecule has 1 aliphatic rings. The minimum absolute atomic E-state index is 0.0430. The van der Waals surface area contributed by atoms with Crippen LogP contribution in [-0.2, 0) is 26.0 Å². The van der Waals surface area contributed by atoms with E-state index in [-0.39, 0.29) is 36.3 Å². The fraction of sp³-hybridized carbons (Fsp3) is 0.444. The molecule has 9 heteroatoms. The standard InChI is InChI=1S/C18H23N3O5S/c1-4-14-5-7-15(8-6-14)21-10-16(25-11-17(21)22)9-19-27(23,24)18-12(2)20-26-13(18)3/h5-8,16,19H,4,9-11H2,1-3H3. The molecule has 8 nitrogen and oxygen atoms in total. The highest BCUT2D eigenvalue weighted by Crippen LogP contribution is 2.21. The Balaban J connectivity index is 1.68. The van der Waals surface area contributed by atoms with E-state index in [1.807, 2.05) is 24.3 Å². The van der Waals surface area contributed by atoms with Crippen molar-refractivity contribution < 1.29 is 22.5 Å². The van der Waals surface area contributed by atoms with Gasteiger partial charge in [-0.1, -0.05) is 24.2 Å². The Morgan fingerprint density at radius 1 is 1.26 bits per heavy atom. The SMILES string of the molecule is CCc1ccc(N2CC(CNS(=O)(=O)c3c(C)noc3C)OCC2=O)cc1. The van der Waals surface area contributed by atoms with Crippen LogP contribution in [0.4, 0.5) is 5.69 Å². The predicted molar refractivity (Wildman–Crippen MR) is 99.1 cm³/mol. The third-order valence-electron chi connectivity index (χ3n) is 4.52. The molecule has 1 amide bonds. The van der Waals surface area contributed by atoms with Gasteiger partial charge in [0.2, 0.25) is 10.0 Å². The maximum Gasteiger partial charge on any atom is 0.253 e. The zero-order chi connectivity index (χ0) is 19.6. The van der Waals surface area contributed by atoms with Crippen molar-refractivity contribution in [2.24, 2.45) is 0 Å². The Hall–Kier alpha value is -2.23. The summed E-state index contributed by atoms with van der Waals surface area (Å²) in [6, 6.07) is 7.75. The number of benzene rings is 1. The molecule has 2 heterocycles. The third kappa shape index (κ3) is 4.20. The largest absolute Gasteiger partial charge is 0.365 e. The van der Waals surface area contributed by atoms with Gasteiger partial charge >= 0.3 is 0 Å². The van der Waals surface area contributed by atoms with Crippen LogP contribution in [0.1, 0.15) is 23.9 Å². The highest BCUT2D eigenvalue weighted by atomic mass is 32.2. The molecule has 1 aliphatic heterocycles. The van der Waals surface area contributed by atoms with Gasteiger partial charge in [0.05, 0.1) is 12.6 Å². The number of aromatic nitrogens is 1. The van der Waals surface area contributed by atoms with E-state index < -0.39 is 16.1 Å². The van der Waals surface area contributed by atoms with Crippen LogP contribution in [0.25, 0.3) is 0 Å². The number of hydrogen-bond acceptors (Lipinski definition) is 6. The molecule has 1 aromatic heterocycles. The summed E-state index contributed by atoms with van der Waals surface area (Å²) in [5.41, 5.74) is 2.26. The quantitative estimate of drug-likeness (QED) is 0.799. The molecule has 0 bridgehead atoms. The van der Waals surface area contributed by atoms with Crippen LogP contribution >= 0.6 is 0 Å². The van der Waals surface area contributed by atoms with Crippen molar-refractivity contribution in [3.05, 3.63) is 41.3 Å². The lowest BCUT2D eigenvalue weighted by Crippen LogP contribution is -2.50. The van der Waals surface area contributed by atoms with Crippen molar-refractivity contribution in [3.8, 4) is 0 Å². The summed E-state index contributed by atoms with van der Waals surface area (Å²) in [4.78, 5) is 13.9. The molecule has 1 unspecified atom stereocenters. The summed E-state index contributed by atoms with van der Waals surface area (Å²) in [7, 11) is -3.77. The summed E-state index contributed by atoms with van der Waals surface area (Å²) >= 11 is 0. The molecule has 1 N–H and O–H groups in total. The predicted octanol–water partition coefficient (Wildman–Crippen LogP) is 1.56. The first-order chi connectivity index (χ1) is 12.8. The topological polar surface area (TPSA) is 102 Å². The minimum atomic E-state index is -3.77. The summed E-state index contributed by atoms with van der Waals surface area (Å²) in [6.07, 6.45) is 0.465. The number of hydrogen-bond donors (Lipinski definition) is 1. The normalized spacial score (nSPS) is 18.1. The second kappa shape index (κ2) is 7.79. The van der Waals surface area contributed by atoms with Crippen molar-refractivity contribution in [3.63, 3.8) is 0 Å². The number of morpholine rings is 1. The number of nitrogens with one attached hydrogen (secondary N) is 1. The minimum Gasteiger partial charge on any atom is -0.365 e. The number of sulfonamides is 1. The highest BCUT2D eigenvalue weighted by Gasteiger charge is 2.30. The first kappa shape index (κ1) is 19.5. The lowest BCUT2D eigenvalue weighted by atomic mass is 10.1. The Kier molecular flexibility index (Phi) is 5.64. The fourth-order valence-electron chi connectivity index (χ4n) is 3.04.